The van der Waals surface area contributed by atoms with E-state index in [1.165, 1.54) is 55.5 Å². The van der Waals surface area contributed by atoms with Crippen LogP contribution >= 0.6 is 0 Å². The summed E-state index contributed by atoms with van der Waals surface area (Å²) in [5.41, 5.74) is 11.1. The van der Waals surface area contributed by atoms with Gasteiger partial charge in [-0.1, -0.05) is 150 Å². The van der Waals surface area contributed by atoms with Crippen molar-refractivity contribution in [3.63, 3.8) is 0 Å². The standard InChI is InChI=1S/C37H42N2/c1-22(2)27-15-11-16-28(23(3)4)34(27)38-21-39(35-29(24(5)6)17-12-18-30(35)25(7)8)37-32-20-10-14-26-13-9-19-31(33(26)32)36(37)38/h9-20,22-25,36-37H,1-8H3/t36-,37+. The van der Waals surface area contributed by atoms with E-state index >= 15 is 0 Å². The van der Waals surface area contributed by atoms with E-state index in [1.807, 2.05) is 0 Å². The van der Waals surface area contributed by atoms with Gasteiger partial charge in [0.05, 0.1) is 0 Å². The largest absolute Gasteiger partial charge is 0.326 e. The van der Waals surface area contributed by atoms with Crippen LogP contribution in [0.15, 0.2) is 72.8 Å². The SMILES string of the molecule is CC(C)c1cccc(C(C)C)c1N1[C-]=[N+](c2c(C(C)C)cccc2C(C)C)[C@@H]2c3cccc4cccc(c34)[C@@H]21. The highest BCUT2D eigenvalue weighted by Gasteiger charge is 2.48. The number of benzene rings is 4. The molecule has 0 amide bonds. The molecule has 2 aliphatic rings. The maximum atomic E-state index is 4.06. The number of anilines is 1. The van der Waals surface area contributed by atoms with Gasteiger partial charge >= 0.3 is 0 Å². The highest BCUT2D eigenvalue weighted by molar-refractivity contribution is 5.96. The van der Waals surface area contributed by atoms with Crippen LogP contribution in [0.3, 0.4) is 0 Å². The molecule has 1 aliphatic heterocycles. The van der Waals surface area contributed by atoms with E-state index < -0.39 is 0 Å². The Balaban J connectivity index is 1.71. The lowest BCUT2D eigenvalue weighted by atomic mass is 9.90. The van der Waals surface area contributed by atoms with E-state index in [-0.39, 0.29) is 12.1 Å². The Labute approximate surface area is 235 Å². The Bertz CT molecular complexity index is 1530. The second kappa shape index (κ2) is 9.66. The summed E-state index contributed by atoms with van der Waals surface area (Å²) in [7, 11) is 0. The summed E-state index contributed by atoms with van der Waals surface area (Å²) in [5.74, 6) is 1.67. The molecule has 0 saturated carbocycles. The van der Waals surface area contributed by atoms with Gasteiger partial charge in [-0.15, -0.1) is 0 Å². The zero-order valence-electron chi connectivity index (χ0n) is 24.8. The smallest absolute Gasteiger partial charge is 0.207 e. The lowest BCUT2D eigenvalue weighted by Crippen LogP contribution is -2.26. The minimum Gasteiger partial charge on any atom is -0.326 e. The fourth-order valence-corrected chi connectivity index (χ4v) is 6.99. The maximum absolute atomic E-state index is 4.06. The average molecular weight is 515 g/mol. The molecule has 1 aliphatic carbocycles. The predicted molar refractivity (Wildman–Crippen MR) is 166 cm³/mol. The molecule has 200 valence electrons. The van der Waals surface area contributed by atoms with Gasteiger partial charge in [0.15, 0.2) is 0 Å². The second-order valence-corrected chi connectivity index (χ2v) is 12.7. The third-order valence-corrected chi connectivity index (χ3v) is 8.84. The quantitative estimate of drug-likeness (QED) is 0.183. The van der Waals surface area contributed by atoms with Gasteiger partial charge in [0, 0.05) is 22.5 Å². The number of para-hydroxylation sites is 2. The average Bonchev–Trinajstić information content (AvgIpc) is 3.45. The molecule has 0 bridgehead atoms. The maximum Gasteiger partial charge on any atom is 0.207 e. The first-order valence-electron chi connectivity index (χ1n) is 14.8. The number of hydrogen-bond donors (Lipinski definition) is 0. The fraction of sp³-hybridized carbons (Fsp3) is 0.378. The third kappa shape index (κ3) is 3.94. The Kier molecular flexibility index (Phi) is 6.41. The summed E-state index contributed by atoms with van der Waals surface area (Å²) < 4.78 is 2.53. The number of rotatable bonds is 6. The summed E-state index contributed by atoms with van der Waals surface area (Å²) in [4.78, 5) is 2.53. The van der Waals surface area contributed by atoms with E-state index in [1.54, 1.807) is 0 Å². The van der Waals surface area contributed by atoms with E-state index in [0.717, 1.165) is 0 Å². The topological polar surface area (TPSA) is 6.25 Å². The van der Waals surface area contributed by atoms with Gasteiger partial charge in [-0.2, -0.15) is 0 Å². The highest BCUT2D eigenvalue weighted by Crippen LogP contribution is 2.56. The molecule has 0 unspecified atom stereocenters. The first-order chi connectivity index (χ1) is 18.7. The summed E-state index contributed by atoms with van der Waals surface area (Å²) in [6.07, 6.45) is 4.06. The van der Waals surface area contributed by atoms with Crippen LogP contribution in [0.4, 0.5) is 11.4 Å². The Morgan fingerprint density at radius 1 is 0.590 bits per heavy atom. The van der Waals surface area contributed by atoms with E-state index in [0.29, 0.717) is 23.7 Å². The molecule has 6 rings (SSSR count). The molecule has 2 nitrogen and oxygen atoms in total. The summed E-state index contributed by atoms with van der Waals surface area (Å²) in [5, 5.41) is 2.76. The van der Waals surface area contributed by atoms with Crippen LogP contribution in [-0.4, -0.2) is 10.9 Å². The molecule has 4 aromatic carbocycles. The summed E-state index contributed by atoms with van der Waals surface area (Å²) in [6.45, 7) is 18.6. The monoisotopic (exact) mass is 514 g/mol. The first-order valence-corrected chi connectivity index (χ1v) is 14.8. The van der Waals surface area contributed by atoms with Gasteiger partial charge in [-0.3, -0.25) is 0 Å². The van der Waals surface area contributed by atoms with Gasteiger partial charge in [-0.25, -0.2) is 0 Å². The van der Waals surface area contributed by atoms with Crippen molar-refractivity contribution in [2.24, 2.45) is 0 Å². The van der Waals surface area contributed by atoms with Crippen molar-refractivity contribution in [2.45, 2.75) is 91.1 Å². The Morgan fingerprint density at radius 3 is 1.56 bits per heavy atom. The van der Waals surface area contributed by atoms with Gasteiger partial charge in [-0.05, 0) is 34.4 Å². The molecule has 2 atom stereocenters. The van der Waals surface area contributed by atoms with E-state index in [2.05, 4.69) is 144 Å². The lowest BCUT2D eigenvalue weighted by molar-refractivity contribution is -0.481. The fourth-order valence-electron chi connectivity index (χ4n) is 6.99. The van der Waals surface area contributed by atoms with Crippen molar-refractivity contribution in [1.29, 1.82) is 0 Å². The Hall–Kier alpha value is -3.39. The molecule has 0 saturated heterocycles. The second-order valence-electron chi connectivity index (χ2n) is 12.7. The van der Waals surface area contributed by atoms with E-state index in [9.17, 15) is 0 Å². The first kappa shape index (κ1) is 25.9. The van der Waals surface area contributed by atoms with Crippen LogP contribution < -0.4 is 4.90 Å². The molecule has 0 N–H and O–H groups in total. The van der Waals surface area contributed by atoms with Crippen molar-refractivity contribution in [2.75, 3.05) is 4.90 Å². The third-order valence-electron chi connectivity index (χ3n) is 8.84. The zero-order chi connectivity index (χ0) is 27.6. The number of fused-ring (bicyclic) bond motifs is 3. The van der Waals surface area contributed by atoms with Gasteiger partial charge in [0.2, 0.25) is 6.34 Å². The number of hydrogen-bond acceptors (Lipinski definition) is 1. The van der Waals surface area contributed by atoms with Crippen LogP contribution in [0.5, 0.6) is 0 Å². The lowest BCUT2D eigenvalue weighted by Gasteiger charge is -2.31. The molecule has 2 heteroatoms. The van der Waals surface area contributed by atoms with Gasteiger partial charge in [0.1, 0.15) is 12.1 Å². The van der Waals surface area contributed by atoms with Crippen LogP contribution in [0.2, 0.25) is 0 Å². The van der Waals surface area contributed by atoms with Crippen molar-refractivity contribution in [3.8, 4) is 0 Å². The summed E-state index contributed by atoms with van der Waals surface area (Å²) >= 11 is 0. The summed E-state index contributed by atoms with van der Waals surface area (Å²) in [6, 6.07) is 27.9. The minimum absolute atomic E-state index is 0.170. The van der Waals surface area contributed by atoms with Crippen molar-refractivity contribution in [1.82, 2.24) is 0 Å². The molecule has 0 aromatic heterocycles. The van der Waals surface area contributed by atoms with Gasteiger partial charge < -0.3 is 9.48 Å². The van der Waals surface area contributed by atoms with Crippen LogP contribution in [0, 0.1) is 0 Å². The minimum atomic E-state index is 0.170. The van der Waals surface area contributed by atoms with Crippen molar-refractivity contribution < 1.29 is 4.58 Å². The van der Waals surface area contributed by atoms with Crippen molar-refractivity contribution in [3.05, 3.63) is 106 Å². The molecule has 0 spiro atoms. The van der Waals surface area contributed by atoms with Crippen LogP contribution in [0.25, 0.3) is 10.8 Å². The molecule has 0 radical (unpaired) electrons. The predicted octanol–water partition coefficient (Wildman–Crippen LogP) is 10.2. The zero-order valence-corrected chi connectivity index (χ0v) is 24.8. The van der Waals surface area contributed by atoms with Crippen molar-refractivity contribution >= 4 is 28.5 Å². The Morgan fingerprint density at radius 2 is 1.05 bits per heavy atom. The molecule has 39 heavy (non-hydrogen) atoms. The normalized spacial score (nSPS) is 18.3. The molecule has 4 aromatic rings. The van der Waals surface area contributed by atoms with E-state index in [4.69, 9.17) is 0 Å². The highest BCUT2D eigenvalue weighted by atomic mass is 15.3. The van der Waals surface area contributed by atoms with Crippen LogP contribution in [0.1, 0.15) is 125 Å². The molecular weight excluding hydrogens is 472 g/mol. The molecular formula is C37H42N2. The number of nitrogens with zero attached hydrogens (tertiary/aromatic N) is 2. The van der Waals surface area contributed by atoms with Crippen LogP contribution in [-0.2, 0) is 0 Å². The van der Waals surface area contributed by atoms with Gasteiger partial charge in [0.25, 0.3) is 0 Å². The molecule has 0 fully saturated rings. The molecule has 1 heterocycles.